The molecule has 1 amide bonds. The van der Waals surface area contributed by atoms with Gasteiger partial charge in [-0.15, -0.1) is 11.3 Å². The zero-order chi connectivity index (χ0) is 19.7. The van der Waals surface area contributed by atoms with Crippen molar-refractivity contribution in [3.63, 3.8) is 0 Å². The van der Waals surface area contributed by atoms with Crippen molar-refractivity contribution in [1.29, 1.82) is 0 Å². The highest BCUT2D eigenvalue weighted by molar-refractivity contribution is 7.15. The predicted molar refractivity (Wildman–Crippen MR) is 112 cm³/mol. The molecule has 1 saturated heterocycles. The number of thiazole rings is 1. The summed E-state index contributed by atoms with van der Waals surface area (Å²) in [6.07, 6.45) is 4.26. The zero-order valence-electron chi connectivity index (χ0n) is 16.6. The number of fused-ring (bicyclic) bond motifs is 1. The molecule has 0 bridgehead atoms. The van der Waals surface area contributed by atoms with Gasteiger partial charge >= 0.3 is 0 Å². The maximum Gasteiger partial charge on any atom is 0.228 e. The minimum absolute atomic E-state index is 0.139. The fraction of sp³-hybridized carbons (Fsp3) is 0.429. The first-order valence-electron chi connectivity index (χ1n) is 9.63. The average Bonchev–Trinajstić information content (AvgIpc) is 3.14. The molecule has 1 fully saturated rings. The number of hydrogen-bond acceptors (Lipinski definition) is 6. The number of piperidine rings is 1. The summed E-state index contributed by atoms with van der Waals surface area (Å²) in [4.78, 5) is 22.4. The van der Waals surface area contributed by atoms with Gasteiger partial charge in [0.2, 0.25) is 5.91 Å². The molecular weight excluding hydrogens is 370 g/mol. The molecule has 0 aliphatic carbocycles. The van der Waals surface area contributed by atoms with Crippen LogP contribution < -0.4 is 0 Å². The van der Waals surface area contributed by atoms with E-state index >= 15 is 0 Å². The van der Waals surface area contributed by atoms with Gasteiger partial charge in [-0.3, -0.25) is 4.79 Å². The highest BCUT2D eigenvalue weighted by Gasteiger charge is 2.24. The Hall–Kier alpha value is -2.38. The van der Waals surface area contributed by atoms with Gasteiger partial charge in [-0.25, -0.2) is 4.98 Å². The summed E-state index contributed by atoms with van der Waals surface area (Å²) in [5, 5.41) is 10.6. The summed E-state index contributed by atoms with van der Waals surface area (Å²) in [6, 6.07) is 8.68. The predicted octanol–water partition coefficient (Wildman–Crippen LogP) is 3.16. The Morgan fingerprint density at radius 1 is 1.21 bits per heavy atom. The topological polar surface area (TPSA) is 62.2 Å². The fourth-order valence-electron chi connectivity index (χ4n) is 3.72. The lowest BCUT2D eigenvalue weighted by atomic mass is 10.0. The SMILES string of the molecule is Cc1ncc(-c2ccc3nnc(CC(=O)N4CCC(N(C)C)CC4)cc3c2)s1. The standard InChI is InChI=1S/C21H25N5OS/c1-14-22-13-20(28-14)15-4-5-19-16(10-15)11-17(23-24-19)12-21(27)26-8-6-18(7-9-26)25(2)3/h4-5,10-11,13,18H,6-9,12H2,1-3H3. The van der Waals surface area contributed by atoms with E-state index in [2.05, 4.69) is 40.2 Å². The zero-order valence-corrected chi connectivity index (χ0v) is 17.4. The Morgan fingerprint density at radius 3 is 2.68 bits per heavy atom. The molecule has 0 N–H and O–H groups in total. The molecule has 146 valence electrons. The number of benzene rings is 1. The van der Waals surface area contributed by atoms with Crippen molar-refractivity contribution in [2.45, 2.75) is 32.2 Å². The van der Waals surface area contributed by atoms with Gasteiger partial charge in [0.15, 0.2) is 0 Å². The Morgan fingerprint density at radius 2 is 2.00 bits per heavy atom. The Labute approximate surface area is 169 Å². The summed E-state index contributed by atoms with van der Waals surface area (Å²) in [5.41, 5.74) is 2.69. The van der Waals surface area contributed by atoms with Crippen LogP contribution in [0.5, 0.6) is 0 Å². The van der Waals surface area contributed by atoms with Crippen molar-refractivity contribution >= 4 is 28.1 Å². The highest BCUT2D eigenvalue weighted by Crippen LogP contribution is 2.28. The Balaban J connectivity index is 1.49. The molecule has 0 unspecified atom stereocenters. The third-order valence-corrected chi connectivity index (χ3v) is 6.38. The van der Waals surface area contributed by atoms with Crippen molar-refractivity contribution in [3.05, 3.63) is 41.2 Å². The van der Waals surface area contributed by atoms with Crippen molar-refractivity contribution in [2.24, 2.45) is 0 Å². The molecule has 0 radical (unpaired) electrons. The van der Waals surface area contributed by atoms with Gasteiger partial charge in [0.1, 0.15) is 0 Å². The highest BCUT2D eigenvalue weighted by atomic mass is 32.1. The lowest BCUT2D eigenvalue weighted by Crippen LogP contribution is -2.45. The molecule has 0 atom stereocenters. The van der Waals surface area contributed by atoms with Crippen LogP contribution in [0.4, 0.5) is 0 Å². The van der Waals surface area contributed by atoms with E-state index in [0.29, 0.717) is 12.5 Å². The number of rotatable bonds is 4. The number of hydrogen-bond donors (Lipinski definition) is 0. The van der Waals surface area contributed by atoms with Crippen molar-refractivity contribution in [1.82, 2.24) is 25.0 Å². The molecule has 3 heterocycles. The van der Waals surface area contributed by atoms with Crippen LogP contribution >= 0.6 is 11.3 Å². The van der Waals surface area contributed by atoms with Gasteiger partial charge in [-0.05, 0) is 57.6 Å². The maximum atomic E-state index is 12.7. The second-order valence-corrected chi connectivity index (χ2v) is 8.84. The van der Waals surface area contributed by atoms with Gasteiger partial charge < -0.3 is 9.80 Å². The van der Waals surface area contributed by atoms with Crippen LogP contribution in [-0.4, -0.2) is 64.1 Å². The first-order valence-corrected chi connectivity index (χ1v) is 10.4. The summed E-state index contributed by atoms with van der Waals surface area (Å²) < 4.78 is 0. The molecule has 2 aromatic heterocycles. The van der Waals surface area contributed by atoms with E-state index < -0.39 is 0 Å². The number of carbonyl (C=O) groups is 1. The van der Waals surface area contributed by atoms with Gasteiger partial charge in [-0.2, -0.15) is 10.2 Å². The number of aryl methyl sites for hydroxylation is 1. The Kier molecular flexibility index (Phi) is 5.37. The minimum atomic E-state index is 0.139. The summed E-state index contributed by atoms with van der Waals surface area (Å²) in [6.45, 7) is 3.64. The normalized spacial score (nSPS) is 15.5. The van der Waals surface area contributed by atoms with Crippen LogP contribution in [0.25, 0.3) is 21.3 Å². The first kappa shape index (κ1) is 19.0. The summed E-state index contributed by atoms with van der Waals surface area (Å²) >= 11 is 1.67. The third-order valence-electron chi connectivity index (χ3n) is 5.42. The van der Waals surface area contributed by atoms with Crippen molar-refractivity contribution < 1.29 is 4.79 Å². The van der Waals surface area contributed by atoms with Crippen LogP contribution in [0, 0.1) is 6.92 Å². The second kappa shape index (κ2) is 7.93. The van der Waals surface area contributed by atoms with Crippen LogP contribution in [-0.2, 0) is 11.2 Å². The van der Waals surface area contributed by atoms with E-state index in [1.165, 1.54) is 0 Å². The van der Waals surface area contributed by atoms with Gasteiger partial charge in [0, 0.05) is 30.7 Å². The first-order chi connectivity index (χ1) is 13.5. The molecule has 1 aromatic carbocycles. The number of carbonyl (C=O) groups excluding carboxylic acids is 1. The fourth-order valence-corrected chi connectivity index (χ4v) is 4.49. The van der Waals surface area contributed by atoms with Gasteiger partial charge in [-0.1, -0.05) is 6.07 Å². The van der Waals surface area contributed by atoms with Crippen molar-refractivity contribution in [3.8, 4) is 10.4 Å². The molecule has 0 saturated carbocycles. The quantitative estimate of drug-likeness (QED) is 0.679. The smallest absolute Gasteiger partial charge is 0.228 e. The summed E-state index contributed by atoms with van der Waals surface area (Å²) in [7, 11) is 4.21. The molecule has 3 aromatic rings. The molecule has 1 aliphatic rings. The Bertz CT molecular complexity index is 991. The summed E-state index contributed by atoms with van der Waals surface area (Å²) in [5.74, 6) is 0.139. The number of likely N-dealkylation sites (tertiary alicyclic amines) is 1. The van der Waals surface area contributed by atoms with E-state index in [-0.39, 0.29) is 5.91 Å². The number of amides is 1. The van der Waals surface area contributed by atoms with Crippen molar-refractivity contribution in [2.75, 3.05) is 27.2 Å². The number of nitrogens with zero attached hydrogens (tertiary/aromatic N) is 5. The lowest BCUT2D eigenvalue weighted by molar-refractivity contribution is -0.132. The minimum Gasteiger partial charge on any atom is -0.342 e. The molecular formula is C21H25N5OS. The van der Waals surface area contributed by atoms with Crippen LogP contribution in [0.2, 0.25) is 0 Å². The molecule has 1 aliphatic heterocycles. The average molecular weight is 396 g/mol. The third kappa shape index (κ3) is 4.05. The number of aromatic nitrogens is 3. The van der Waals surface area contributed by atoms with Gasteiger partial charge in [0.05, 0.1) is 27.5 Å². The van der Waals surface area contributed by atoms with E-state index in [1.807, 2.05) is 36.2 Å². The molecule has 28 heavy (non-hydrogen) atoms. The second-order valence-electron chi connectivity index (χ2n) is 7.61. The van der Waals surface area contributed by atoms with E-state index in [4.69, 9.17) is 0 Å². The van der Waals surface area contributed by atoms with Gasteiger partial charge in [0.25, 0.3) is 0 Å². The van der Waals surface area contributed by atoms with E-state index in [1.54, 1.807) is 11.3 Å². The molecule has 0 spiro atoms. The van der Waals surface area contributed by atoms with Crippen LogP contribution in [0.15, 0.2) is 30.5 Å². The maximum absolute atomic E-state index is 12.7. The largest absolute Gasteiger partial charge is 0.342 e. The van der Waals surface area contributed by atoms with Crippen LogP contribution in [0.1, 0.15) is 23.5 Å². The van der Waals surface area contributed by atoms with E-state index in [9.17, 15) is 4.79 Å². The van der Waals surface area contributed by atoms with Crippen LogP contribution in [0.3, 0.4) is 0 Å². The molecule has 7 heteroatoms. The monoisotopic (exact) mass is 395 g/mol. The molecule has 6 nitrogen and oxygen atoms in total. The lowest BCUT2D eigenvalue weighted by Gasteiger charge is -2.35. The molecule has 4 rings (SSSR count). The van der Waals surface area contributed by atoms with E-state index in [0.717, 1.165) is 58.0 Å².